The van der Waals surface area contributed by atoms with E-state index in [4.69, 9.17) is 15.2 Å². The summed E-state index contributed by atoms with van der Waals surface area (Å²) < 4.78 is 11.1. The van der Waals surface area contributed by atoms with Crippen LogP contribution in [-0.4, -0.2) is 11.6 Å². The topological polar surface area (TPSA) is 57.4 Å². The normalized spacial score (nSPS) is 10.1. The molecule has 0 spiro atoms. The zero-order chi connectivity index (χ0) is 12.8. The van der Waals surface area contributed by atoms with Gasteiger partial charge in [-0.05, 0) is 25.1 Å². The second-order valence-electron chi connectivity index (χ2n) is 3.79. The molecule has 0 aliphatic carbocycles. The van der Waals surface area contributed by atoms with Crippen LogP contribution in [0, 0.1) is 0 Å². The summed E-state index contributed by atoms with van der Waals surface area (Å²) in [5.41, 5.74) is 6.50. The highest BCUT2D eigenvalue weighted by molar-refractivity contribution is 5.33. The van der Waals surface area contributed by atoms with Crippen LogP contribution in [0.4, 0.5) is 5.82 Å². The van der Waals surface area contributed by atoms with Crippen molar-refractivity contribution >= 4 is 5.82 Å². The number of nitrogens with two attached hydrogens (primary N) is 1. The average molecular weight is 244 g/mol. The largest absolute Gasteiger partial charge is 0.494 e. The van der Waals surface area contributed by atoms with Crippen LogP contribution in [0.25, 0.3) is 0 Å². The van der Waals surface area contributed by atoms with Crippen molar-refractivity contribution in [2.45, 2.75) is 13.5 Å². The summed E-state index contributed by atoms with van der Waals surface area (Å²) in [6.45, 7) is 3.06. The third kappa shape index (κ3) is 3.38. The van der Waals surface area contributed by atoms with E-state index in [1.807, 2.05) is 37.3 Å². The molecule has 1 aromatic carbocycles. The molecule has 94 valence electrons. The van der Waals surface area contributed by atoms with Gasteiger partial charge in [-0.25, -0.2) is 4.98 Å². The van der Waals surface area contributed by atoms with Crippen molar-refractivity contribution in [1.82, 2.24) is 4.98 Å². The average Bonchev–Trinajstić information content (AvgIpc) is 2.39. The first-order valence-electron chi connectivity index (χ1n) is 5.84. The van der Waals surface area contributed by atoms with Crippen LogP contribution in [0.3, 0.4) is 0 Å². The van der Waals surface area contributed by atoms with Crippen molar-refractivity contribution in [1.29, 1.82) is 0 Å². The molecule has 0 aliphatic rings. The lowest BCUT2D eigenvalue weighted by Crippen LogP contribution is -1.98. The van der Waals surface area contributed by atoms with Crippen LogP contribution in [0.15, 0.2) is 42.6 Å². The maximum atomic E-state index is 5.66. The minimum Gasteiger partial charge on any atom is -0.494 e. The Bertz CT molecular complexity index is 497. The van der Waals surface area contributed by atoms with E-state index in [0.29, 0.717) is 19.0 Å². The molecule has 2 rings (SSSR count). The lowest BCUT2D eigenvalue weighted by molar-refractivity contribution is 0.299. The van der Waals surface area contributed by atoms with Gasteiger partial charge in [-0.15, -0.1) is 0 Å². The van der Waals surface area contributed by atoms with Gasteiger partial charge in [-0.1, -0.05) is 12.1 Å². The van der Waals surface area contributed by atoms with E-state index in [-0.39, 0.29) is 0 Å². The van der Waals surface area contributed by atoms with E-state index < -0.39 is 0 Å². The summed E-state index contributed by atoms with van der Waals surface area (Å²) in [6.07, 6.45) is 1.71. The second kappa shape index (κ2) is 5.91. The van der Waals surface area contributed by atoms with Gasteiger partial charge in [-0.3, -0.25) is 0 Å². The molecule has 0 aliphatic heterocycles. The van der Waals surface area contributed by atoms with Crippen LogP contribution in [0.1, 0.15) is 12.5 Å². The Labute approximate surface area is 106 Å². The van der Waals surface area contributed by atoms with Crippen LogP contribution in [0.5, 0.6) is 11.5 Å². The van der Waals surface area contributed by atoms with E-state index in [2.05, 4.69) is 4.98 Å². The molecule has 0 radical (unpaired) electrons. The lowest BCUT2D eigenvalue weighted by Gasteiger charge is -2.08. The number of benzene rings is 1. The van der Waals surface area contributed by atoms with E-state index in [0.717, 1.165) is 17.1 Å². The molecule has 2 N–H and O–H groups in total. The summed E-state index contributed by atoms with van der Waals surface area (Å²) in [7, 11) is 0. The highest BCUT2D eigenvalue weighted by Crippen LogP contribution is 2.20. The Balaban J connectivity index is 1.97. The third-order valence-corrected chi connectivity index (χ3v) is 2.37. The predicted octanol–water partition coefficient (Wildman–Crippen LogP) is 2.64. The van der Waals surface area contributed by atoms with Gasteiger partial charge in [0.2, 0.25) is 0 Å². The predicted molar refractivity (Wildman–Crippen MR) is 70.6 cm³/mol. The van der Waals surface area contributed by atoms with E-state index in [1.165, 1.54) is 0 Å². The SMILES string of the molecule is CCOc1cccc(OCc2ccc(N)nc2)c1. The van der Waals surface area contributed by atoms with Crippen molar-refractivity contribution in [3.8, 4) is 11.5 Å². The fraction of sp³-hybridized carbons (Fsp3) is 0.214. The molecule has 0 saturated heterocycles. The fourth-order valence-corrected chi connectivity index (χ4v) is 1.51. The Morgan fingerprint density at radius 1 is 1.11 bits per heavy atom. The molecule has 0 amide bonds. The molecule has 2 aromatic rings. The third-order valence-electron chi connectivity index (χ3n) is 2.37. The monoisotopic (exact) mass is 244 g/mol. The van der Waals surface area contributed by atoms with Crippen molar-refractivity contribution in [3.05, 3.63) is 48.2 Å². The number of hydrogen-bond acceptors (Lipinski definition) is 4. The maximum Gasteiger partial charge on any atom is 0.123 e. The number of pyridine rings is 1. The molecule has 0 atom stereocenters. The van der Waals surface area contributed by atoms with Gasteiger partial charge in [0, 0.05) is 17.8 Å². The molecular weight excluding hydrogens is 228 g/mol. The van der Waals surface area contributed by atoms with E-state index in [9.17, 15) is 0 Å². The van der Waals surface area contributed by atoms with Gasteiger partial charge < -0.3 is 15.2 Å². The van der Waals surface area contributed by atoms with Gasteiger partial charge in [0.1, 0.15) is 23.9 Å². The number of aromatic nitrogens is 1. The van der Waals surface area contributed by atoms with Crippen molar-refractivity contribution < 1.29 is 9.47 Å². The zero-order valence-electron chi connectivity index (χ0n) is 10.3. The molecule has 0 bridgehead atoms. The summed E-state index contributed by atoms with van der Waals surface area (Å²) >= 11 is 0. The second-order valence-corrected chi connectivity index (χ2v) is 3.79. The summed E-state index contributed by atoms with van der Waals surface area (Å²) in [6, 6.07) is 11.2. The highest BCUT2D eigenvalue weighted by Gasteiger charge is 1.99. The molecule has 0 unspecified atom stereocenters. The van der Waals surface area contributed by atoms with Gasteiger partial charge in [0.05, 0.1) is 6.61 Å². The van der Waals surface area contributed by atoms with Crippen molar-refractivity contribution in [2.75, 3.05) is 12.3 Å². The van der Waals surface area contributed by atoms with E-state index in [1.54, 1.807) is 12.3 Å². The number of anilines is 1. The summed E-state index contributed by atoms with van der Waals surface area (Å²) in [5.74, 6) is 2.10. The lowest BCUT2D eigenvalue weighted by atomic mass is 10.3. The minimum absolute atomic E-state index is 0.461. The highest BCUT2D eigenvalue weighted by atomic mass is 16.5. The number of nitrogen functional groups attached to an aromatic ring is 1. The Morgan fingerprint density at radius 2 is 1.89 bits per heavy atom. The van der Waals surface area contributed by atoms with Crippen LogP contribution in [0.2, 0.25) is 0 Å². The first kappa shape index (κ1) is 12.2. The molecule has 4 nitrogen and oxygen atoms in total. The van der Waals surface area contributed by atoms with Crippen LogP contribution in [-0.2, 0) is 6.61 Å². The summed E-state index contributed by atoms with van der Waals surface area (Å²) in [5, 5.41) is 0. The molecule has 18 heavy (non-hydrogen) atoms. The Hall–Kier alpha value is -2.23. The van der Waals surface area contributed by atoms with Crippen LogP contribution >= 0.6 is 0 Å². The van der Waals surface area contributed by atoms with Crippen molar-refractivity contribution in [3.63, 3.8) is 0 Å². The Morgan fingerprint density at radius 3 is 2.56 bits per heavy atom. The molecule has 1 heterocycles. The smallest absolute Gasteiger partial charge is 0.123 e. The fourth-order valence-electron chi connectivity index (χ4n) is 1.51. The zero-order valence-corrected chi connectivity index (χ0v) is 10.3. The van der Waals surface area contributed by atoms with E-state index >= 15 is 0 Å². The van der Waals surface area contributed by atoms with Gasteiger partial charge in [0.15, 0.2) is 0 Å². The molecular formula is C14H16N2O2. The number of rotatable bonds is 5. The van der Waals surface area contributed by atoms with Crippen LogP contribution < -0.4 is 15.2 Å². The van der Waals surface area contributed by atoms with Gasteiger partial charge >= 0.3 is 0 Å². The summed E-state index contributed by atoms with van der Waals surface area (Å²) in [4.78, 5) is 4.01. The molecule has 4 heteroatoms. The maximum absolute atomic E-state index is 5.66. The number of nitrogens with zero attached hydrogens (tertiary/aromatic N) is 1. The number of hydrogen-bond donors (Lipinski definition) is 1. The Kier molecular flexibility index (Phi) is 4.02. The van der Waals surface area contributed by atoms with Gasteiger partial charge in [-0.2, -0.15) is 0 Å². The first-order chi connectivity index (χ1) is 8.78. The first-order valence-corrected chi connectivity index (χ1v) is 5.84. The van der Waals surface area contributed by atoms with Crippen molar-refractivity contribution in [2.24, 2.45) is 0 Å². The number of ether oxygens (including phenoxy) is 2. The quantitative estimate of drug-likeness (QED) is 0.878. The minimum atomic E-state index is 0.461. The van der Waals surface area contributed by atoms with Gasteiger partial charge in [0.25, 0.3) is 0 Å². The molecule has 1 aromatic heterocycles. The molecule has 0 saturated carbocycles. The standard InChI is InChI=1S/C14H16N2O2/c1-2-17-12-4-3-5-13(8-12)18-10-11-6-7-14(15)16-9-11/h3-9H,2,10H2,1H3,(H2,15,16). The molecule has 0 fully saturated rings.